The first kappa shape index (κ1) is 23.2. The van der Waals surface area contributed by atoms with Crippen LogP contribution in [0.1, 0.15) is 21.5 Å². The minimum Gasteiger partial charge on any atom is -0.379 e. The van der Waals surface area contributed by atoms with Crippen molar-refractivity contribution >= 4 is 21.8 Å². The van der Waals surface area contributed by atoms with Crippen LogP contribution in [0.2, 0.25) is 0 Å². The average Bonchev–Trinajstić information content (AvgIpc) is 2.78. The van der Waals surface area contributed by atoms with Gasteiger partial charge in [-0.1, -0.05) is 24.3 Å². The van der Waals surface area contributed by atoms with Gasteiger partial charge in [-0.2, -0.15) is 12.7 Å². The molecule has 0 aromatic heterocycles. The first-order valence-electron chi connectivity index (χ1n) is 10.2. The number of anilines is 1. The van der Waals surface area contributed by atoms with E-state index < -0.39 is 10.2 Å². The lowest BCUT2D eigenvalue weighted by Crippen LogP contribution is -2.37. The Balaban J connectivity index is 1.53. The average molecular weight is 447 g/mol. The normalized spacial score (nSPS) is 15.1. The van der Waals surface area contributed by atoms with E-state index in [0.29, 0.717) is 17.8 Å². The standard InChI is InChI=1S/C22H30N4O4S/c1-24(2)31(28,29)25(3)21-10-8-20(9-11-21)22(27)23-16-18-4-6-19(7-5-18)17-26-12-14-30-15-13-26/h4-11H,12-17H2,1-3H3,(H,23,27). The lowest BCUT2D eigenvalue weighted by molar-refractivity contribution is 0.0342. The van der Waals surface area contributed by atoms with Crippen LogP contribution in [0.3, 0.4) is 0 Å². The van der Waals surface area contributed by atoms with Crippen LogP contribution >= 0.6 is 0 Å². The topological polar surface area (TPSA) is 82.2 Å². The minimum absolute atomic E-state index is 0.206. The van der Waals surface area contributed by atoms with Gasteiger partial charge in [-0.15, -0.1) is 0 Å². The van der Waals surface area contributed by atoms with Crippen molar-refractivity contribution < 1.29 is 17.9 Å². The first-order valence-corrected chi connectivity index (χ1v) is 11.6. The van der Waals surface area contributed by atoms with Crippen LogP contribution in [-0.2, 0) is 28.0 Å². The summed E-state index contributed by atoms with van der Waals surface area (Å²) in [6.07, 6.45) is 0. The van der Waals surface area contributed by atoms with Gasteiger partial charge in [-0.25, -0.2) is 0 Å². The van der Waals surface area contributed by atoms with E-state index in [2.05, 4.69) is 22.3 Å². The van der Waals surface area contributed by atoms with Gasteiger partial charge in [0.2, 0.25) is 0 Å². The van der Waals surface area contributed by atoms with Gasteiger partial charge in [0.1, 0.15) is 0 Å². The highest BCUT2D eigenvalue weighted by Gasteiger charge is 2.21. The highest BCUT2D eigenvalue weighted by atomic mass is 32.2. The zero-order valence-electron chi connectivity index (χ0n) is 18.2. The van der Waals surface area contributed by atoms with Crippen LogP contribution in [0.25, 0.3) is 0 Å². The van der Waals surface area contributed by atoms with Gasteiger partial charge >= 0.3 is 10.2 Å². The Bertz CT molecular complexity index is 970. The van der Waals surface area contributed by atoms with Crippen LogP contribution in [0, 0.1) is 0 Å². The fourth-order valence-electron chi connectivity index (χ4n) is 3.27. The summed E-state index contributed by atoms with van der Waals surface area (Å²) in [5.41, 5.74) is 3.22. The third-order valence-corrected chi connectivity index (χ3v) is 7.11. The summed E-state index contributed by atoms with van der Waals surface area (Å²) < 4.78 is 32.1. The highest BCUT2D eigenvalue weighted by molar-refractivity contribution is 7.90. The Morgan fingerprint density at radius 2 is 1.55 bits per heavy atom. The van der Waals surface area contributed by atoms with Crippen molar-refractivity contribution in [3.63, 3.8) is 0 Å². The minimum atomic E-state index is -3.57. The third kappa shape index (κ3) is 6.04. The molecule has 2 aromatic carbocycles. The predicted octanol–water partition coefficient (Wildman–Crippen LogP) is 1.69. The van der Waals surface area contributed by atoms with Crippen molar-refractivity contribution in [3.05, 3.63) is 65.2 Å². The fourth-order valence-corrected chi connectivity index (χ4v) is 4.14. The predicted molar refractivity (Wildman–Crippen MR) is 121 cm³/mol. The number of amides is 1. The lowest BCUT2D eigenvalue weighted by atomic mass is 10.1. The number of nitrogens with zero attached hydrogens (tertiary/aromatic N) is 3. The van der Waals surface area contributed by atoms with Crippen LogP contribution in [0.5, 0.6) is 0 Å². The van der Waals surface area contributed by atoms with E-state index in [1.807, 2.05) is 12.1 Å². The van der Waals surface area contributed by atoms with E-state index in [-0.39, 0.29) is 5.91 Å². The molecule has 1 heterocycles. The Kier molecular flexibility index (Phi) is 7.66. The number of morpholine rings is 1. The summed E-state index contributed by atoms with van der Waals surface area (Å²) in [6, 6.07) is 14.7. The van der Waals surface area contributed by atoms with Gasteiger partial charge < -0.3 is 10.1 Å². The Labute approximate surface area is 184 Å². The molecule has 1 aliphatic rings. The van der Waals surface area contributed by atoms with Crippen LogP contribution < -0.4 is 9.62 Å². The molecule has 3 rings (SSSR count). The largest absolute Gasteiger partial charge is 0.379 e. The molecule has 1 fully saturated rings. The number of hydrogen-bond acceptors (Lipinski definition) is 5. The molecule has 0 spiro atoms. The Hall–Kier alpha value is -2.46. The SMILES string of the molecule is CN(C)S(=O)(=O)N(C)c1ccc(C(=O)NCc2ccc(CN3CCOCC3)cc2)cc1. The van der Waals surface area contributed by atoms with Gasteiger partial charge in [0.15, 0.2) is 0 Å². The van der Waals surface area contributed by atoms with Crippen molar-refractivity contribution in [2.24, 2.45) is 0 Å². The summed E-state index contributed by atoms with van der Waals surface area (Å²) in [6.45, 7) is 4.80. The molecule has 1 N–H and O–H groups in total. The van der Waals surface area contributed by atoms with Crippen molar-refractivity contribution in [2.75, 3.05) is 51.8 Å². The number of ether oxygens (including phenoxy) is 1. The molecule has 31 heavy (non-hydrogen) atoms. The van der Waals surface area contributed by atoms with Gasteiger partial charge in [0.05, 0.1) is 18.9 Å². The van der Waals surface area contributed by atoms with Crippen molar-refractivity contribution in [3.8, 4) is 0 Å². The summed E-state index contributed by atoms with van der Waals surface area (Å²) in [7, 11) is 0.864. The molecule has 8 nitrogen and oxygen atoms in total. The summed E-state index contributed by atoms with van der Waals surface area (Å²) in [5.74, 6) is -0.206. The smallest absolute Gasteiger partial charge is 0.303 e. The maximum atomic E-state index is 12.5. The van der Waals surface area contributed by atoms with E-state index in [1.54, 1.807) is 24.3 Å². The molecular formula is C22H30N4O4S. The van der Waals surface area contributed by atoms with Crippen LogP contribution in [-0.4, -0.2) is 71.0 Å². The summed E-state index contributed by atoms with van der Waals surface area (Å²) >= 11 is 0. The maximum Gasteiger partial charge on any atom is 0.303 e. The maximum absolute atomic E-state index is 12.5. The number of nitrogens with one attached hydrogen (secondary N) is 1. The number of rotatable bonds is 8. The second kappa shape index (κ2) is 10.2. The summed E-state index contributed by atoms with van der Waals surface area (Å²) in [4.78, 5) is 14.8. The molecule has 0 bridgehead atoms. The van der Waals surface area contributed by atoms with E-state index in [4.69, 9.17) is 4.74 Å². The first-order chi connectivity index (χ1) is 14.8. The van der Waals surface area contributed by atoms with Gasteiger partial charge in [-0.3, -0.25) is 14.0 Å². The van der Waals surface area contributed by atoms with Crippen molar-refractivity contribution in [2.45, 2.75) is 13.1 Å². The Morgan fingerprint density at radius 1 is 0.968 bits per heavy atom. The van der Waals surface area contributed by atoms with Crippen LogP contribution in [0.4, 0.5) is 5.69 Å². The van der Waals surface area contributed by atoms with Gasteiger partial charge in [0, 0.05) is 52.9 Å². The Morgan fingerprint density at radius 3 is 2.13 bits per heavy atom. The molecule has 1 aliphatic heterocycles. The lowest BCUT2D eigenvalue weighted by Gasteiger charge is -2.26. The second-order valence-electron chi connectivity index (χ2n) is 7.69. The van der Waals surface area contributed by atoms with Crippen molar-refractivity contribution in [1.82, 2.24) is 14.5 Å². The monoisotopic (exact) mass is 446 g/mol. The molecule has 0 radical (unpaired) electrons. The fraction of sp³-hybridized carbons (Fsp3) is 0.409. The number of benzene rings is 2. The van der Waals surface area contributed by atoms with Gasteiger partial charge in [0.25, 0.3) is 5.91 Å². The molecule has 1 amide bonds. The molecule has 168 valence electrons. The van der Waals surface area contributed by atoms with Crippen molar-refractivity contribution in [1.29, 1.82) is 0 Å². The number of carbonyl (C=O) groups excluding carboxylic acids is 1. The van der Waals surface area contributed by atoms with E-state index in [0.717, 1.165) is 42.7 Å². The molecule has 0 atom stereocenters. The molecule has 9 heteroatoms. The molecule has 0 unspecified atom stereocenters. The van der Waals surface area contributed by atoms with Gasteiger partial charge in [-0.05, 0) is 35.4 Å². The number of hydrogen-bond donors (Lipinski definition) is 1. The second-order valence-corrected chi connectivity index (χ2v) is 9.87. The molecule has 2 aromatic rings. The quantitative estimate of drug-likeness (QED) is 0.667. The highest BCUT2D eigenvalue weighted by Crippen LogP contribution is 2.18. The molecule has 1 saturated heterocycles. The van der Waals surface area contributed by atoms with Crippen LogP contribution in [0.15, 0.2) is 48.5 Å². The van der Waals surface area contributed by atoms with E-state index in [9.17, 15) is 13.2 Å². The zero-order valence-corrected chi connectivity index (χ0v) is 19.1. The zero-order chi connectivity index (χ0) is 22.4. The third-order valence-electron chi connectivity index (χ3n) is 5.29. The molecular weight excluding hydrogens is 416 g/mol. The van der Waals surface area contributed by atoms with E-state index in [1.165, 1.54) is 31.0 Å². The number of carbonyl (C=O) groups is 1. The molecule has 0 aliphatic carbocycles. The van der Waals surface area contributed by atoms with E-state index >= 15 is 0 Å². The molecule has 0 saturated carbocycles. The summed E-state index contributed by atoms with van der Waals surface area (Å²) in [5, 5.41) is 2.91.